The molecule has 0 aromatic heterocycles. The molecular weight excluding hydrogens is 314 g/mol. The molecule has 0 radical (unpaired) electrons. The molecule has 0 N–H and O–H groups in total. The van der Waals surface area contributed by atoms with Crippen molar-refractivity contribution in [1.29, 1.82) is 0 Å². The van der Waals surface area contributed by atoms with Crippen LogP contribution in [0, 0.1) is 5.92 Å². The SMILES string of the molecule is CN(CC1CCOCC1)c1cc(Cl)ccc1CBr. The van der Waals surface area contributed by atoms with E-state index in [0.717, 1.165) is 48.9 Å². The first-order chi connectivity index (χ1) is 8.70. The van der Waals surface area contributed by atoms with Crippen LogP contribution < -0.4 is 4.90 Å². The van der Waals surface area contributed by atoms with Gasteiger partial charge in [-0.3, -0.25) is 0 Å². The molecule has 1 heterocycles. The summed E-state index contributed by atoms with van der Waals surface area (Å²) in [6.07, 6.45) is 2.32. The minimum Gasteiger partial charge on any atom is -0.381 e. The summed E-state index contributed by atoms with van der Waals surface area (Å²) in [7, 11) is 2.15. The Bertz CT molecular complexity index is 393. The number of nitrogens with zero attached hydrogens (tertiary/aromatic N) is 1. The molecule has 0 bridgehead atoms. The second-order valence-corrected chi connectivity index (χ2v) is 5.84. The zero-order valence-electron chi connectivity index (χ0n) is 10.7. The van der Waals surface area contributed by atoms with E-state index in [2.05, 4.69) is 40.0 Å². The molecule has 1 saturated heterocycles. The maximum atomic E-state index is 6.10. The zero-order valence-corrected chi connectivity index (χ0v) is 13.0. The molecule has 18 heavy (non-hydrogen) atoms. The van der Waals surface area contributed by atoms with Crippen LogP contribution in [0.4, 0.5) is 5.69 Å². The highest BCUT2D eigenvalue weighted by molar-refractivity contribution is 9.08. The molecule has 0 spiro atoms. The van der Waals surface area contributed by atoms with Crippen LogP contribution in [0.3, 0.4) is 0 Å². The van der Waals surface area contributed by atoms with Crippen LogP contribution in [-0.4, -0.2) is 26.8 Å². The van der Waals surface area contributed by atoms with Crippen molar-refractivity contribution in [1.82, 2.24) is 0 Å². The average Bonchev–Trinajstić information content (AvgIpc) is 2.40. The van der Waals surface area contributed by atoms with Gasteiger partial charge in [0.1, 0.15) is 0 Å². The summed E-state index contributed by atoms with van der Waals surface area (Å²) in [5, 5.41) is 1.66. The quantitative estimate of drug-likeness (QED) is 0.770. The number of alkyl halides is 1. The molecular formula is C14H19BrClNO. The lowest BCUT2D eigenvalue weighted by molar-refractivity contribution is 0.0685. The molecule has 1 aliphatic heterocycles. The molecule has 1 aromatic carbocycles. The Kier molecular flexibility index (Phi) is 5.34. The largest absolute Gasteiger partial charge is 0.381 e. The minimum atomic E-state index is 0.728. The number of halogens is 2. The highest BCUT2D eigenvalue weighted by atomic mass is 79.9. The Morgan fingerprint density at radius 3 is 2.78 bits per heavy atom. The lowest BCUT2D eigenvalue weighted by Crippen LogP contribution is -2.30. The molecule has 0 amide bonds. The van der Waals surface area contributed by atoms with Crippen LogP contribution in [0.5, 0.6) is 0 Å². The maximum Gasteiger partial charge on any atom is 0.0469 e. The molecule has 2 nitrogen and oxygen atoms in total. The van der Waals surface area contributed by atoms with Gasteiger partial charge >= 0.3 is 0 Å². The van der Waals surface area contributed by atoms with E-state index in [4.69, 9.17) is 16.3 Å². The average molecular weight is 333 g/mol. The van der Waals surface area contributed by atoms with Gasteiger partial charge in [-0.15, -0.1) is 0 Å². The third kappa shape index (κ3) is 3.62. The van der Waals surface area contributed by atoms with Gasteiger partial charge in [0.15, 0.2) is 0 Å². The molecule has 1 aliphatic rings. The van der Waals surface area contributed by atoms with Gasteiger partial charge in [0, 0.05) is 42.8 Å². The molecule has 1 fully saturated rings. The number of hydrogen-bond acceptors (Lipinski definition) is 2. The van der Waals surface area contributed by atoms with E-state index in [1.54, 1.807) is 0 Å². The lowest BCUT2D eigenvalue weighted by Gasteiger charge is -2.29. The van der Waals surface area contributed by atoms with Crippen LogP contribution in [0.2, 0.25) is 5.02 Å². The first-order valence-corrected chi connectivity index (χ1v) is 7.84. The van der Waals surface area contributed by atoms with Gasteiger partial charge in [-0.05, 0) is 36.5 Å². The van der Waals surface area contributed by atoms with Crippen molar-refractivity contribution in [2.75, 3.05) is 31.7 Å². The molecule has 0 unspecified atom stereocenters. The number of benzene rings is 1. The standard InChI is InChI=1S/C14H19BrClNO/c1-17(10-11-4-6-18-7-5-11)14-8-13(16)3-2-12(14)9-15/h2-3,8,11H,4-7,9-10H2,1H3. The van der Waals surface area contributed by atoms with E-state index in [9.17, 15) is 0 Å². The summed E-state index contributed by atoms with van der Waals surface area (Å²) < 4.78 is 5.40. The summed E-state index contributed by atoms with van der Waals surface area (Å²) in [6.45, 7) is 2.88. The predicted molar refractivity (Wildman–Crippen MR) is 80.9 cm³/mol. The molecule has 0 aliphatic carbocycles. The van der Waals surface area contributed by atoms with Crippen LogP contribution in [0.15, 0.2) is 18.2 Å². The third-order valence-corrected chi connectivity index (χ3v) is 4.31. The number of ether oxygens (including phenoxy) is 1. The summed E-state index contributed by atoms with van der Waals surface area (Å²) >= 11 is 9.64. The topological polar surface area (TPSA) is 12.5 Å². The van der Waals surface area contributed by atoms with Gasteiger partial charge in [-0.2, -0.15) is 0 Å². The third-order valence-electron chi connectivity index (χ3n) is 3.48. The van der Waals surface area contributed by atoms with Crippen LogP contribution in [0.25, 0.3) is 0 Å². The summed E-state index contributed by atoms with van der Waals surface area (Å²) in [4.78, 5) is 2.32. The molecule has 2 rings (SSSR count). The van der Waals surface area contributed by atoms with Crippen LogP contribution in [0.1, 0.15) is 18.4 Å². The van der Waals surface area contributed by atoms with Gasteiger partial charge in [-0.1, -0.05) is 33.6 Å². The van der Waals surface area contributed by atoms with Gasteiger partial charge in [0.05, 0.1) is 0 Å². The summed E-state index contributed by atoms with van der Waals surface area (Å²) in [6, 6.07) is 6.09. The number of rotatable bonds is 4. The van der Waals surface area contributed by atoms with Gasteiger partial charge in [0.25, 0.3) is 0 Å². The van der Waals surface area contributed by atoms with E-state index in [0.29, 0.717) is 0 Å². The predicted octanol–water partition coefficient (Wildman–Crippen LogP) is 4.10. The fraction of sp³-hybridized carbons (Fsp3) is 0.571. The number of anilines is 1. The first-order valence-electron chi connectivity index (χ1n) is 6.34. The van der Waals surface area contributed by atoms with Crippen molar-refractivity contribution >= 4 is 33.2 Å². The Balaban J connectivity index is 2.07. The molecule has 100 valence electrons. The van der Waals surface area contributed by atoms with E-state index >= 15 is 0 Å². The fourth-order valence-electron chi connectivity index (χ4n) is 2.42. The molecule has 4 heteroatoms. The van der Waals surface area contributed by atoms with Crippen molar-refractivity contribution in [3.05, 3.63) is 28.8 Å². The Morgan fingerprint density at radius 2 is 2.11 bits per heavy atom. The van der Waals surface area contributed by atoms with E-state index in [1.165, 1.54) is 11.3 Å². The fourth-order valence-corrected chi connectivity index (χ4v) is 3.06. The monoisotopic (exact) mass is 331 g/mol. The molecule has 1 aromatic rings. The lowest BCUT2D eigenvalue weighted by atomic mass is 9.99. The van der Waals surface area contributed by atoms with Crippen molar-refractivity contribution < 1.29 is 4.74 Å². The van der Waals surface area contributed by atoms with Gasteiger partial charge in [-0.25, -0.2) is 0 Å². The van der Waals surface area contributed by atoms with E-state index in [-0.39, 0.29) is 0 Å². The minimum absolute atomic E-state index is 0.728. The first kappa shape index (κ1) is 14.2. The van der Waals surface area contributed by atoms with Crippen LogP contribution >= 0.6 is 27.5 Å². The summed E-state index contributed by atoms with van der Waals surface area (Å²) in [5.41, 5.74) is 2.51. The number of hydrogen-bond donors (Lipinski definition) is 0. The normalized spacial score (nSPS) is 16.8. The summed E-state index contributed by atoms with van der Waals surface area (Å²) in [5.74, 6) is 0.728. The van der Waals surface area contributed by atoms with Crippen LogP contribution in [-0.2, 0) is 10.1 Å². The van der Waals surface area contributed by atoms with E-state index in [1.807, 2.05) is 6.07 Å². The van der Waals surface area contributed by atoms with Crippen molar-refractivity contribution in [3.63, 3.8) is 0 Å². The van der Waals surface area contributed by atoms with Gasteiger partial charge < -0.3 is 9.64 Å². The Hall–Kier alpha value is -0.250. The molecule has 0 saturated carbocycles. The van der Waals surface area contributed by atoms with E-state index < -0.39 is 0 Å². The zero-order chi connectivity index (χ0) is 13.0. The Morgan fingerprint density at radius 1 is 1.39 bits per heavy atom. The Labute approximate surface area is 122 Å². The molecule has 0 atom stereocenters. The van der Waals surface area contributed by atoms with Gasteiger partial charge in [0.2, 0.25) is 0 Å². The smallest absolute Gasteiger partial charge is 0.0469 e. The van der Waals surface area contributed by atoms with Crippen molar-refractivity contribution in [2.24, 2.45) is 5.92 Å². The van der Waals surface area contributed by atoms with Crippen molar-refractivity contribution in [2.45, 2.75) is 18.2 Å². The van der Waals surface area contributed by atoms with Crippen molar-refractivity contribution in [3.8, 4) is 0 Å². The second-order valence-electron chi connectivity index (χ2n) is 4.84. The maximum absolute atomic E-state index is 6.10. The highest BCUT2D eigenvalue weighted by Gasteiger charge is 2.17. The second kappa shape index (κ2) is 6.78. The highest BCUT2D eigenvalue weighted by Crippen LogP contribution is 2.27.